The summed E-state index contributed by atoms with van der Waals surface area (Å²) in [7, 11) is 0. The van der Waals surface area contributed by atoms with E-state index in [1.54, 1.807) is 11.3 Å². The Kier molecular flexibility index (Phi) is 9.45. The van der Waals surface area contributed by atoms with E-state index in [0.717, 1.165) is 21.1 Å². The van der Waals surface area contributed by atoms with E-state index in [2.05, 4.69) is 182 Å². The fourth-order valence-electron chi connectivity index (χ4n) is 6.03. The van der Waals surface area contributed by atoms with Crippen LogP contribution in [0.15, 0.2) is 192 Å². The molecule has 0 atom stereocenters. The molecule has 1 aromatic heterocycles. The van der Waals surface area contributed by atoms with Gasteiger partial charge in [-0.2, -0.15) is 0 Å². The molecule has 222 valence electrons. The van der Waals surface area contributed by atoms with Crippen molar-refractivity contribution in [2.75, 3.05) is 0 Å². The summed E-state index contributed by atoms with van der Waals surface area (Å²) in [5, 5.41) is 0. The molecule has 5 heteroatoms. The van der Waals surface area contributed by atoms with Gasteiger partial charge in [-0.25, -0.2) is 0 Å². The van der Waals surface area contributed by atoms with Crippen LogP contribution in [0.2, 0.25) is 0 Å². The lowest BCUT2D eigenvalue weighted by Gasteiger charge is -2.15. The molecule has 1 heterocycles. The van der Waals surface area contributed by atoms with Crippen LogP contribution in [0.1, 0.15) is 9.75 Å². The van der Waals surface area contributed by atoms with E-state index in [0.29, 0.717) is 0 Å². The molecule has 47 heavy (non-hydrogen) atoms. The number of hydrogen-bond donors (Lipinski definition) is 0. The molecule has 2 nitrogen and oxygen atoms in total. The van der Waals surface area contributed by atoms with Gasteiger partial charge >= 0.3 is 0 Å². The molecule has 0 aliphatic carbocycles. The Morgan fingerprint density at radius 1 is 0.319 bits per heavy atom. The molecule has 6 aromatic carbocycles. The van der Waals surface area contributed by atoms with E-state index in [4.69, 9.17) is 9.98 Å². The molecule has 0 fully saturated rings. The molecule has 0 N–H and O–H groups in total. The van der Waals surface area contributed by atoms with Crippen molar-refractivity contribution in [1.29, 1.82) is 0 Å². The number of benzene rings is 6. The van der Waals surface area contributed by atoms with Gasteiger partial charge in [0.15, 0.2) is 0 Å². The first kappa shape index (κ1) is 30.2. The molecular formula is C42H32B2N2S. The topological polar surface area (TPSA) is 24.7 Å². The summed E-state index contributed by atoms with van der Waals surface area (Å²) in [6, 6.07) is 64.1. The van der Waals surface area contributed by atoms with Crippen LogP contribution in [-0.4, -0.2) is 25.9 Å². The molecule has 0 unspecified atom stereocenters. The van der Waals surface area contributed by atoms with Crippen molar-refractivity contribution >= 4 is 81.3 Å². The van der Waals surface area contributed by atoms with Gasteiger partial charge in [-0.3, -0.25) is 9.98 Å². The molecule has 0 amide bonds. The molecule has 0 aliphatic rings. The average Bonchev–Trinajstić information content (AvgIpc) is 3.61. The quantitative estimate of drug-likeness (QED) is 0.127. The maximum absolute atomic E-state index is 4.77. The summed E-state index contributed by atoms with van der Waals surface area (Å²) in [6.45, 7) is 0.361. The number of thiophene rings is 1. The van der Waals surface area contributed by atoms with Gasteiger partial charge in [0.05, 0.1) is 11.4 Å². The summed E-state index contributed by atoms with van der Waals surface area (Å²) in [5.74, 6) is 0. The van der Waals surface area contributed by atoms with E-state index in [-0.39, 0.29) is 13.4 Å². The third-order valence-electron chi connectivity index (χ3n) is 8.31. The van der Waals surface area contributed by atoms with Crippen molar-refractivity contribution in [1.82, 2.24) is 0 Å². The van der Waals surface area contributed by atoms with Crippen LogP contribution >= 0.6 is 11.3 Å². The molecule has 0 aliphatic heterocycles. The molecule has 0 spiro atoms. The van der Waals surface area contributed by atoms with Gasteiger partial charge in [0.1, 0.15) is 0 Å². The van der Waals surface area contributed by atoms with Gasteiger partial charge in [0.2, 0.25) is 13.4 Å². The second-order valence-electron chi connectivity index (χ2n) is 11.4. The first-order chi connectivity index (χ1) is 23.3. The lowest BCUT2D eigenvalue weighted by atomic mass is 9.37. The van der Waals surface area contributed by atoms with E-state index in [9.17, 15) is 0 Å². The van der Waals surface area contributed by atoms with Gasteiger partial charge in [0, 0.05) is 22.2 Å². The fourth-order valence-corrected chi connectivity index (χ4v) is 6.78. The van der Waals surface area contributed by atoms with Crippen LogP contribution < -0.4 is 32.8 Å². The predicted molar refractivity (Wildman–Crippen MR) is 207 cm³/mol. The first-order valence-corrected chi connectivity index (χ1v) is 16.7. The zero-order valence-electron chi connectivity index (χ0n) is 25.9. The largest absolute Gasteiger partial charge is 0.255 e. The van der Waals surface area contributed by atoms with Gasteiger partial charge in [-0.1, -0.05) is 178 Å². The van der Waals surface area contributed by atoms with Crippen molar-refractivity contribution in [2.45, 2.75) is 0 Å². The number of rotatable bonds is 10. The Morgan fingerprint density at radius 2 is 0.596 bits per heavy atom. The Hall–Kier alpha value is -5.51. The zero-order chi connectivity index (χ0) is 31.7. The minimum absolute atomic E-state index is 0.180. The van der Waals surface area contributed by atoms with E-state index in [1.165, 1.54) is 32.8 Å². The smallest absolute Gasteiger partial charge is 0.241 e. The molecule has 0 saturated heterocycles. The van der Waals surface area contributed by atoms with Crippen LogP contribution in [0.5, 0.6) is 0 Å². The lowest BCUT2D eigenvalue weighted by molar-refractivity contribution is 1.55. The minimum atomic E-state index is 0.180. The van der Waals surface area contributed by atoms with Crippen LogP contribution in [-0.2, 0) is 0 Å². The molecule has 7 rings (SSSR count). The van der Waals surface area contributed by atoms with Crippen molar-refractivity contribution in [3.05, 3.63) is 192 Å². The zero-order valence-corrected chi connectivity index (χ0v) is 26.7. The average molecular weight is 618 g/mol. The van der Waals surface area contributed by atoms with Gasteiger partial charge < -0.3 is 0 Å². The molecular weight excluding hydrogens is 586 g/mol. The van der Waals surface area contributed by atoms with Crippen molar-refractivity contribution in [3.8, 4) is 0 Å². The van der Waals surface area contributed by atoms with Gasteiger partial charge in [0.25, 0.3) is 0 Å². The number of nitrogens with zero attached hydrogens (tertiary/aromatic N) is 2. The van der Waals surface area contributed by atoms with E-state index < -0.39 is 0 Å². The van der Waals surface area contributed by atoms with E-state index in [1.807, 2.05) is 12.4 Å². The van der Waals surface area contributed by atoms with Crippen molar-refractivity contribution in [3.63, 3.8) is 0 Å². The monoisotopic (exact) mass is 618 g/mol. The third kappa shape index (κ3) is 7.49. The molecule has 0 radical (unpaired) electrons. The fraction of sp³-hybridized carbons (Fsp3) is 0. The SMILES string of the molecule is C(=Nc1ccc(B(c2ccccc2)c2ccccc2)cc1)c1ccc(C=Nc2ccc(B(c3ccccc3)c3ccccc3)cc2)s1. The normalized spacial score (nSPS) is 11.2. The summed E-state index contributed by atoms with van der Waals surface area (Å²) in [5.41, 5.74) is 9.48. The molecule has 0 saturated carbocycles. The summed E-state index contributed by atoms with van der Waals surface area (Å²) in [6.07, 6.45) is 3.87. The molecule has 7 aromatic rings. The first-order valence-electron chi connectivity index (χ1n) is 15.9. The van der Waals surface area contributed by atoms with Crippen molar-refractivity contribution in [2.24, 2.45) is 9.98 Å². The number of aliphatic imine (C=N–C) groups is 2. The Morgan fingerprint density at radius 3 is 0.894 bits per heavy atom. The lowest BCUT2D eigenvalue weighted by Crippen LogP contribution is -2.51. The number of hydrogen-bond acceptors (Lipinski definition) is 3. The Bertz CT molecular complexity index is 1830. The summed E-state index contributed by atoms with van der Waals surface area (Å²) in [4.78, 5) is 11.7. The molecule has 0 bridgehead atoms. The third-order valence-corrected chi connectivity index (χ3v) is 9.27. The maximum atomic E-state index is 4.77. The summed E-state index contributed by atoms with van der Waals surface area (Å²) < 4.78 is 0. The highest BCUT2D eigenvalue weighted by atomic mass is 32.1. The summed E-state index contributed by atoms with van der Waals surface area (Å²) >= 11 is 1.68. The predicted octanol–water partition coefficient (Wildman–Crippen LogP) is 6.28. The Labute approximate surface area is 282 Å². The van der Waals surface area contributed by atoms with Crippen LogP contribution in [0.4, 0.5) is 11.4 Å². The van der Waals surface area contributed by atoms with Crippen LogP contribution in [0.25, 0.3) is 0 Å². The van der Waals surface area contributed by atoms with Crippen LogP contribution in [0.3, 0.4) is 0 Å². The Balaban J connectivity index is 1.03. The standard InChI is InChI=1S/C42H32B2N2S/c1-5-13-33(14-6-1)43(34-15-7-2-8-16-34)37-21-25-39(26-22-37)45-31-41-29-30-42(47-41)32-46-40-27-23-38(24-28-40)44(35-17-9-3-10-18-35)36-19-11-4-12-20-36/h1-32H. The second-order valence-corrected chi connectivity index (χ2v) is 12.6. The maximum Gasteiger partial charge on any atom is 0.241 e. The highest BCUT2D eigenvalue weighted by Crippen LogP contribution is 2.17. The highest BCUT2D eigenvalue weighted by Gasteiger charge is 2.22. The van der Waals surface area contributed by atoms with Crippen molar-refractivity contribution < 1.29 is 0 Å². The van der Waals surface area contributed by atoms with E-state index >= 15 is 0 Å². The van der Waals surface area contributed by atoms with Gasteiger partial charge in [-0.15, -0.1) is 11.3 Å². The van der Waals surface area contributed by atoms with Crippen LogP contribution in [0, 0.1) is 0 Å². The minimum Gasteiger partial charge on any atom is -0.255 e. The second kappa shape index (κ2) is 14.7. The van der Waals surface area contributed by atoms with Gasteiger partial charge in [-0.05, 0) is 36.4 Å². The highest BCUT2D eigenvalue weighted by molar-refractivity contribution is 7.15.